The Kier molecular flexibility index (Phi) is 2.36. The van der Waals surface area contributed by atoms with Crippen molar-refractivity contribution in [3.8, 4) is 0 Å². The molecular formula is C5H7NS2. The van der Waals surface area contributed by atoms with E-state index in [9.17, 15) is 0 Å². The van der Waals surface area contributed by atoms with Crippen LogP contribution in [0.2, 0.25) is 0 Å². The maximum absolute atomic E-state index is 3.95. The Balaban J connectivity index is 2.50. The number of hydrogen-bond donors (Lipinski definition) is 0. The fourth-order valence-electron chi connectivity index (χ4n) is 0.456. The molecule has 0 aliphatic carbocycles. The van der Waals surface area contributed by atoms with Gasteiger partial charge < -0.3 is 0 Å². The van der Waals surface area contributed by atoms with Gasteiger partial charge in [0.15, 0.2) is 0 Å². The Morgan fingerprint density at radius 2 is 2.75 bits per heavy atom. The minimum Gasteiger partial charge on any atom is -0.253 e. The molecule has 0 radical (unpaired) electrons. The normalized spacial score (nSPS) is 9.62. The van der Waals surface area contributed by atoms with Crippen LogP contribution in [0.25, 0.3) is 0 Å². The van der Waals surface area contributed by atoms with Gasteiger partial charge in [-0.3, -0.25) is 4.98 Å². The molecule has 0 N–H and O–H groups in total. The van der Waals surface area contributed by atoms with Gasteiger partial charge in [0, 0.05) is 16.8 Å². The second-order valence-electron chi connectivity index (χ2n) is 1.40. The number of hydrogen-bond acceptors (Lipinski definition) is 3. The SMILES string of the molecule is CSCc1cncs1. The molecule has 0 aliphatic rings. The molecule has 0 bridgehead atoms. The summed E-state index contributed by atoms with van der Waals surface area (Å²) in [4.78, 5) is 5.30. The van der Waals surface area contributed by atoms with Crippen LogP contribution in [0.4, 0.5) is 0 Å². The van der Waals surface area contributed by atoms with Gasteiger partial charge in [-0.1, -0.05) is 0 Å². The molecule has 8 heavy (non-hydrogen) atoms. The summed E-state index contributed by atoms with van der Waals surface area (Å²) in [6, 6.07) is 0. The molecule has 1 aromatic heterocycles. The highest BCUT2D eigenvalue weighted by Gasteiger charge is 1.88. The van der Waals surface area contributed by atoms with Gasteiger partial charge in [-0.05, 0) is 6.26 Å². The zero-order chi connectivity index (χ0) is 5.82. The standard InChI is InChI=1S/C5H7NS2/c1-7-3-5-2-6-4-8-5/h2,4H,3H2,1H3. The summed E-state index contributed by atoms with van der Waals surface area (Å²) < 4.78 is 0. The van der Waals surface area contributed by atoms with E-state index in [0.29, 0.717) is 0 Å². The lowest BCUT2D eigenvalue weighted by atomic mass is 10.6. The third-order valence-corrected chi connectivity index (χ3v) is 2.33. The van der Waals surface area contributed by atoms with Gasteiger partial charge in [0.1, 0.15) is 0 Å². The molecule has 1 nitrogen and oxygen atoms in total. The van der Waals surface area contributed by atoms with Crippen molar-refractivity contribution >= 4 is 23.1 Å². The zero-order valence-corrected chi connectivity index (χ0v) is 6.26. The van der Waals surface area contributed by atoms with Crippen LogP contribution in [0.15, 0.2) is 11.7 Å². The van der Waals surface area contributed by atoms with E-state index >= 15 is 0 Å². The first-order chi connectivity index (χ1) is 3.93. The van der Waals surface area contributed by atoms with Crippen LogP contribution in [0, 0.1) is 0 Å². The molecule has 0 fully saturated rings. The van der Waals surface area contributed by atoms with Gasteiger partial charge in [-0.15, -0.1) is 11.3 Å². The van der Waals surface area contributed by atoms with Crippen molar-refractivity contribution in [2.24, 2.45) is 0 Å². The van der Waals surface area contributed by atoms with Gasteiger partial charge in [-0.2, -0.15) is 11.8 Å². The Bertz CT molecular complexity index is 136. The lowest BCUT2D eigenvalue weighted by molar-refractivity contribution is 1.37. The van der Waals surface area contributed by atoms with Crippen molar-refractivity contribution in [3.05, 3.63) is 16.6 Å². The molecule has 0 unspecified atom stereocenters. The number of nitrogens with zero attached hydrogens (tertiary/aromatic N) is 1. The van der Waals surface area contributed by atoms with Crippen LogP contribution < -0.4 is 0 Å². The largest absolute Gasteiger partial charge is 0.253 e. The third-order valence-electron chi connectivity index (χ3n) is 0.770. The van der Waals surface area contributed by atoms with Crippen molar-refractivity contribution < 1.29 is 0 Å². The van der Waals surface area contributed by atoms with Crippen LogP contribution in [-0.4, -0.2) is 11.2 Å². The van der Waals surface area contributed by atoms with E-state index in [4.69, 9.17) is 0 Å². The average Bonchev–Trinajstić information content (AvgIpc) is 2.19. The van der Waals surface area contributed by atoms with Crippen LogP contribution in [0.1, 0.15) is 4.88 Å². The van der Waals surface area contributed by atoms with Gasteiger partial charge in [-0.25, -0.2) is 0 Å². The van der Waals surface area contributed by atoms with E-state index in [0.717, 1.165) is 5.75 Å². The van der Waals surface area contributed by atoms with E-state index < -0.39 is 0 Å². The van der Waals surface area contributed by atoms with E-state index in [1.165, 1.54) is 4.88 Å². The lowest BCUT2D eigenvalue weighted by Crippen LogP contribution is -1.66. The van der Waals surface area contributed by atoms with E-state index in [-0.39, 0.29) is 0 Å². The van der Waals surface area contributed by atoms with Gasteiger partial charge in [0.2, 0.25) is 0 Å². The minimum atomic E-state index is 1.10. The van der Waals surface area contributed by atoms with Crippen LogP contribution in [0.5, 0.6) is 0 Å². The summed E-state index contributed by atoms with van der Waals surface area (Å²) in [6.45, 7) is 0. The Labute approximate surface area is 57.1 Å². The number of rotatable bonds is 2. The van der Waals surface area contributed by atoms with E-state index in [1.807, 2.05) is 23.5 Å². The summed E-state index contributed by atoms with van der Waals surface area (Å²) in [5.41, 5.74) is 1.87. The fraction of sp³-hybridized carbons (Fsp3) is 0.400. The number of thioether (sulfide) groups is 1. The Morgan fingerprint density at radius 1 is 1.88 bits per heavy atom. The van der Waals surface area contributed by atoms with E-state index in [2.05, 4.69) is 11.2 Å². The van der Waals surface area contributed by atoms with Crippen LogP contribution in [-0.2, 0) is 5.75 Å². The number of aromatic nitrogens is 1. The summed E-state index contributed by atoms with van der Waals surface area (Å²) in [7, 11) is 0. The minimum absolute atomic E-state index is 1.10. The molecule has 0 aliphatic heterocycles. The van der Waals surface area contributed by atoms with Crippen LogP contribution >= 0.6 is 23.1 Å². The molecule has 0 saturated carbocycles. The molecular weight excluding hydrogens is 138 g/mol. The maximum atomic E-state index is 3.95. The molecule has 1 rings (SSSR count). The predicted molar refractivity (Wildman–Crippen MR) is 39.3 cm³/mol. The Morgan fingerprint density at radius 3 is 3.25 bits per heavy atom. The molecule has 1 heterocycles. The maximum Gasteiger partial charge on any atom is 0.0794 e. The second kappa shape index (κ2) is 3.10. The monoisotopic (exact) mass is 145 g/mol. The first-order valence-electron chi connectivity index (χ1n) is 2.30. The lowest BCUT2D eigenvalue weighted by Gasteiger charge is -1.84. The van der Waals surface area contributed by atoms with Crippen molar-refractivity contribution in [1.29, 1.82) is 0 Å². The smallest absolute Gasteiger partial charge is 0.0794 e. The molecule has 44 valence electrons. The van der Waals surface area contributed by atoms with Gasteiger partial charge in [0.25, 0.3) is 0 Å². The van der Waals surface area contributed by atoms with Gasteiger partial charge in [0.05, 0.1) is 5.51 Å². The second-order valence-corrected chi connectivity index (χ2v) is 3.24. The molecule has 3 heteroatoms. The summed E-state index contributed by atoms with van der Waals surface area (Å²) in [6.07, 6.45) is 4.01. The van der Waals surface area contributed by atoms with E-state index in [1.54, 1.807) is 11.3 Å². The zero-order valence-electron chi connectivity index (χ0n) is 4.63. The first-order valence-corrected chi connectivity index (χ1v) is 4.57. The topological polar surface area (TPSA) is 12.9 Å². The van der Waals surface area contributed by atoms with Crippen molar-refractivity contribution in [2.75, 3.05) is 6.26 Å². The highest BCUT2D eigenvalue weighted by Crippen LogP contribution is 2.11. The highest BCUT2D eigenvalue weighted by atomic mass is 32.2. The third kappa shape index (κ3) is 1.49. The quantitative estimate of drug-likeness (QED) is 0.631. The molecule has 0 saturated heterocycles. The van der Waals surface area contributed by atoms with Crippen molar-refractivity contribution in [2.45, 2.75) is 5.75 Å². The fourth-order valence-corrected chi connectivity index (χ4v) is 1.82. The van der Waals surface area contributed by atoms with Crippen molar-refractivity contribution in [3.63, 3.8) is 0 Å². The van der Waals surface area contributed by atoms with Crippen molar-refractivity contribution in [1.82, 2.24) is 4.98 Å². The average molecular weight is 145 g/mol. The Hall–Kier alpha value is -0.0200. The number of thiazole rings is 1. The molecule has 1 aromatic rings. The summed E-state index contributed by atoms with van der Waals surface area (Å²) in [5, 5.41) is 0. The molecule has 0 aromatic carbocycles. The van der Waals surface area contributed by atoms with Crippen LogP contribution in [0.3, 0.4) is 0 Å². The predicted octanol–water partition coefficient (Wildman–Crippen LogP) is 2.01. The summed E-state index contributed by atoms with van der Waals surface area (Å²) in [5.74, 6) is 1.10. The highest BCUT2D eigenvalue weighted by molar-refractivity contribution is 7.97. The summed E-state index contributed by atoms with van der Waals surface area (Å²) >= 11 is 3.55. The molecule has 0 amide bonds. The molecule has 0 spiro atoms. The van der Waals surface area contributed by atoms with Gasteiger partial charge >= 0.3 is 0 Å². The first kappa shape index (κ1) is 6.11. The molecule has 0 atom stereocenters.